The summed E-state index contributed by atoms with van der Waals surface area (Å²) in [6.07, 6.45) is 2.08. The molecule has 2 aromatic carbocycles. The first-order valence-electron chi connectivity index (χ1n) is 12.6. The quantitative estimate of drug-likeness (QED) is 0.291. The van der Waals surface area contributed by atoms with Gasteiger partial charge in [0, 0.05) is 61.2 Å². The van der Waals surface area contributed by atoms with E-state index in [0.717, 1.165) is 5.56 Å². The minimum Gasteiger partial charge on any atom is -0.490 e. The molecule has 1 aliphatic rings. The van der Waals surface area contributed by atoms with Crippen LogP contribution < -0.4 is 10.1 Å². The van der Waals surface area contributed by atoms with Crippen LogP contribution in [0, 0.1) is 5.92 Å². The largest absolute Gasteiger partial charge is 0.490 e. The van der Waals surface area contributed by atoms with Gasteiger partial charge in [0.05, 0.1) is 11.8 Å². The van der Waals surface area contributed by atoms with Crippen LogP contribution in [0.15, 0.2) is 54.7 Å². The molecule has 1 amide bonds. The molecule has 1 aromatic heterocycles. The molecule has 0 aliphatic carbocycles. The van der Waals surface area contributed by atoms with Crippen molar-refractivity contribution < 1.29 is 23.5 Å². The van der Waals surface area contributed by atoms with E-state index in [0.29, 0.717) is 42.1 Å². The number of nitrogens with one attached hydrogen (secondary N) is 1. The first-order valence-corrected chi connectivity index (χ1v) is 15.6. The molecule has 1 unspecified atom stereocenters. The maximum atomic E-state index is 15.7. The summed E-state index contributed by atoms with van der Waals surface area (Å²) in [6.45, 7) is 5.97. The maximum Gasteiger partial charge on any atom is 0.255 e. The average Bonchev–Trinajstić information content (AvgIpc) is 3.32. The van der Waals surface area contributed by atoms with Gasteiger partial charge in [-0.2, -0.15) is 0 Å². The van der Waals surface area contributed by atoms with Gasteiger partial charge in [0.1, 0.15) is 11.9 Å². The fraction of sp³-hybridized carbons (Fsp3) is 0.444. The van der Waals surface area contributed by atoms with E-state index in [4.69, 9.17) is 14.6 Å². The molecule has 4 atom stereocenters. The number of hydrogen-bond donors (Lipinski definition) is 2. The fourth-order valence-electron chi connectivity index (χ4n) is 5.09. The van der Waals surface area contributed by atoms with Crippen molar-refractivity contribution in [2.24, 2.45) is 5.92 Å². The normalized spacial score (nSPS) is 20.1. The molecule has 37 heavy (non-hydrogen) atoms. The number of carbonyl (C=O) groups is 1. The maximum absolute atomic E-state index is 15.7. The predicted octanol–water partition coefficient (Wildman–Crippen LogP) is 4.78. The summed E-state index contributed by atoms with van der Waals surface area (Å²) in [5.41, 5.74) is 2.45. The molecule has 0 bridgehead atoms. The Balaban J connectivity index is 1.54. The van der Waals surface area contributed by atoms with E-state index in [2.05, 4.69) is 15.6 Å². The van der Waals surface area contributed by atoms with Crippen molar-refractivity contribution in [1.82, 2.24) is 15.0 Å². The van der Waals surface area contributed by atoms with E-state index in [1.807, 2.05) is 37.3 Å². The molecule has 8 nitrogen and oxygen atoms in total. The van der Waals surface area contributed by atoms with Crippen LogP contribution in [0.25, 0.3) is 0 Å². The van der Waals surface area contributed by atoms with Gasteiger partial charge in [-0.3, -0.25) is 9.48 Å². The van der Waals surface area contributed by atoms with Gasteiger partial charge in [-0.1, -0.05) is 30.3 Å². The number of nitrogens with zero attached hydrogens (tertiary/aromatic N) is 3. The average molecular weight is 527 g/mol. The minimum atomic E-state index is -3.15. The van der Waals surface area contributed by atoms with Crippen molar-refractivity contribution in [3.63, 3.8) is 0 Å². The SMILES string of the molecule is CO[C@@H]1c2cc(NC(=O)c3ccccc3)ccc2O[C@H](C(CCn2cc(CCO)nn2)[Si](C)(C)F)[C@H]1C. The molecule has 4 rings (SSSR count). The van der Waals surface area contributed by atoms with Crippen molar-refractivity contribution >= 4 is 20.0 Å². The zero-order valence-electron chi connectivity index (χ0n) is 21.7. The Morgan fingerprint density at radius 3 is 2.70 bits per heavy atom. The Hall–Kier alpha value is -3.08. The van der Waals surface area contributed by atoms with Gasteiger partial charge in [-0.05, 0) is 49.8 Å². The van der Waals surface area contributed by atoms with Crippen LogP contribution in [-0.4, -0.2) is 54.2 Å². The molecule has 3 aromatic rings. The number of rotatable bonds is 10. The summed E-state index contributed by atoms with van der Waals surface area (Å²) in [7, 11) is -1.50. The number of aromatic nitrogens is 3. The molecule has 10 heteroatoms. The van der Waals surface area contributed by atoms with E-state index in [1.54, 1.807) is 49.3 Å². The number of benzene rings is 2. The van der Waals surface area contributed by atoms with Gasteiger partial charge in [-0.25, -0.2) is 0 Å². The number of amides is 1. The molecular formula is C27H35FN4O4Si. The summed E-state index contributed by atoms with van der Waals surface area (Å²) in [5.74, 6) is 0.324. The van der Waals surface area contributed by atoms with Gasteiger partial charge < -0.3 is 24.0 Å². The highest BCUT2D eigenvalue weighted by Crippen LogP contribution is 2.48. The number of hydrogen-bond acceptors (Lipinski definition) is 6. The lowest BCUT2D eigenvalue weighted by atomic mass is 9.86. The van der Waals surface area contributed by atoms with Crippen LogP contribution in [0.5, 0.6) is 5.75 Å². The van der Waals surface area contributed by atoms with Crippen molar-refractivity contribution in [3.05, 3.63) is 71.5 Å². The van der Waals surface area contributed by atoms with Crippen LogP contribution in [0.4, 0.5) is 9.80 Å². The van der Waals surface area contributed by atoms with Crippen LogP contribution in [-0.2, 0) is 17.7 Å². The number of aliphatic hydroxyl groups excluding tert-OH is 1. The van der Waals surface area contributed by atoms with E-state index in [9.17, 15) is 4.79 Å². The van der Waals surface area contributed by atoms with Gasteiger partial charge >= 0.3 is 0 Å². The summed E-state index contributed by atoms with van der Waals surface area (Å²) in [6, 6.07) is 14.5. The fourth-order valence-corrected chi connectivity index (χ4v) is 7.06. The number of methoxy groups -OCH3 is 1. The molecule has 2 heterocycles. The summed E-state index contributed by atoms with van der Waals surface area (Å²) < 4.78 is 29.8. The van der Waals surface area contributed by atoms with E-state index < -0.39 is 8.41 Å². The second-order valence-electron chi connectivity index (χ2n) is 10.1. The number of aliphatic hydroxyl groups is 1. The van der Waals surface area contributed by atoms with Gasteiger partial charge in [0.2, 0.25) is 8.41 Å². The van der Waals surface area contributed by atoms with Crippen molar-refractivity contribution in [1.29, 1.82) is 0 Å². The third-order valence-corrected chi connectivity index (χ3v) is 9.41. The Labute approximate surface area is 218 Å². The van der Waals surface area contributed by atoms with Crippen LogP contribution in [0.2, 0.25) is 18.6 Å². The van der Waals surface area contributed by atoms with E-state index >= 15 is 4.11 Å². The van der Waals surface area contributed by atoms with Gasteiger partial charge in [-0.15, -0.1) is 5.10 Å². The number of ether oxygens (including phenoxy) is 2. The molecule has 0 saturated carbocycles. The molecule has 0 radical (unpaired) electrons. The smallest absolute Gasteiger partial charge is 0.255 e. The molecule has 2 N–H and O–H groups in total. The van der Waals surface area contributed by atoms with Crippen molar-refractivity contribution in [3.8, 4) is 5.75 Å². The highest BCUT2D eigenvalue weighted by Gasteiger charge is 2.47. The number of fused-ring (bicyclic) bond motifs is 1. The first-order chi connectivity index (χ1) is 17.7. The monoisotopic (exact) mass is 526 g/mol. The first kappa shape index (κ1) is 27.0. The molecule has 0 spiro atoms. The number of anilines is 1. The highest BCUT2D eigenvalue weighted by molar-refractivity contribution is 6.72. The second kappa shape index (κ2) is 11.5. The van der Waals surface area contributed by atoms with Crippen molar-refractivity contribution in [2.45, 2.75) is 57.2 Å². The zero-order valence-corrected chi connectivity index (χ0v) is 22.7. The topological polar surface area (TPSA) is 98.5 Å². The number of carbonyl (C=O) groups excluding carboxylic acids is 1. The number of aryl methyl sites for hydroxylation is 1. The summed E-state index contributed by atoms with van der Waals surface area (Å²) in [5, 5.41) is 20.3. The molecule has 198 valence electrons. The van der Waals surface area contributed by atoms with Crippen molar-refractivity contribution in [2.75, 3.05) is 19.0 Å². The Kier molecular flexibility index (Phi) is 8.41. The zero-order chi connectivity index (χ0) is 26.6. The van der Waals surface area contributed by atoms with E-state index in [-0.39, 0.29) is 36.2 Å². The third kappa shape index (κ3) is 6.26. The van der Waals surface area contributed by atoms with Gasteiger partial charge in [0.15, 0.2) is 0 Å². The standard InChI is InChI=1S/C27H35FN4O4Si/c1-18-25(35-2)22-16-20(29-27(34)19-8-6-5-7-9-19)10-11-23(22)36-26(18)24(37(3,4)28)12-14-32-17-21(13-15-33)30-31-32/h5-11,16-18,24-26,33H,12-15H2,1-4H3,(H,29,34)/t18-,24?,25-,26-/m0/s1. The lowest BCUT2D eigenvalue weighted by Crippen LogP contribution is -2.46. The predicted molar refractivity (Wildman–Crippen MR) is 142 cm³/mol. The third-order valence-electron chi connectivity index (χ3n) is 7.02. The Bertz CT molecular complexity index is 1200. The van der Waals surface area contributed by atoms with Crippen LogP contribution in [0.1, 0.15) is 41.1 Å². The second-order valence-corrected chi connectivity index (χ2v) is 13.9. The van der Waals surface area contributed by atoms with E-state index in [1.165, 1.54) is 0 Å². The lowest BCUT2D eigenvalue weighted by molar-refractivity contribution is -0.0242. The molecule has 0 saturated heterocycles. The van der Waals surface area contributed by atoms with Crippen LogP contribution >= 0.6 is 0 Å². The summed E-state index contributed by atoms with van der Waals surface area (Å²) in [4.78, 5) is 12.6. The molecule has 0 fully saturated rings. The highest BCUT2D eigenvalue weighted by atomic mass is 28.4. The lowest BCUT2D eigenvalue weighted by Gasteiger charge is -2.43. The van der Waals surface area contributed by atoms with Gasteiger partial charge in [0.25, 0.3) is 5.91 Å². The minimum absolute atomic E-state index is 0.00857. The van der Waals surface area contributed by atoms with Crippen LogP contribution in [0.3, 0.4) is 0 Å². The Morgan fingerprint density at radius 2 is 2.03 bits per heavy atom. The molecular weight excluding hydrogens is 491 g/mol. The number of halogens is 1. The molecule has 1 aliphatic heterocycles. The Morgan fingerprint density at radius 1 is 1.27 bits per heavy atom. The summed E-state index contributed by atoms with van der Waals surface area (Å²) >= 11 is 0.